The van der Waals surface area contributed by atoms with Crippen LogP contribution in [0.1, 0.15) is 17.7 Å². The molecule has 0 fully saturated rings. The Morgan fingerprint density at radius 3 is 2.89 bits per heavy atom. The Balaban J connectivity index is 1.89. The molecule has 5 nitrogen and oxygen atoms in total. The van der Waals surface area contributed by atoms with E-state index < -0.39 is 0 Å². The van der Waals surface area contributed by atoms with Crippen LogP contribution in [-0.2, 0) is 11.2 Å². The minimum Gasteiger partial charge on any atom is -0.496 e. The number of anilines is 1. The summed E-state index contributed by atoms with van der Waals surface area (Å²) >= 11 is 0. The van der Waals surface area contributed by atoms with Gasteiger partial charge in [0.25, 0.3) is 0 Å². The van der Waals surface area contributed by atoms with Gasteiger partial charge < -0.3 is 14.6 Å². The predicted molar refractivity (Wildman–Crippen MR) is 71.2 cm³/mol. The van der Waals surface area contributed by atoms with E-state index in [1.54, 1.807) is 20.1 Å². The van der Waals surface area contributed by atoms with Crippen LogP contribution in [0, 0.1) is 6.92 Å². The molecule has 0 aliphatic rings. The Morgan fingerprint density at radius 1 is 1.42 bits per heavy atom. The van der Waals surface area contributed by atoms with Gasteiger partial charge in [-0.3, -0.25) is 4.79 Å². The fourth-order valence-electron chi connectivity index (χ4n) is 1.79. The molecule has 0 bridgehead atoms. The fourth-order valence-corrected chi connectivity index (χ4v) is 1.79. The first kappa shape index (κ1) is 13.1. The van der Waals surface area contributed by atoms with Crippen molar-refractivity contribution in [3.63, 3.8) is 0 Å². The number of nitrogens with one attached hydrogen (secondary N) is 1. The average Bonchev–Trinajstić information content (AvgIpc) is 2.82. The lowest BCUT2D eigenvalue weighted by molar-refractivity contribution is -0.116. The summed E-state index contributed by atoms with van der Waals surface area (Å²) < 4.78 is 10.1. The summed E-state index contributed by atoms with van der Waals surface area (Å²) in [5.74, 6) is 1.81. The molecule has 1 heterocycles. The van der Waals surface area contributed by atoms with E-state index in [0.29, 0.717) is 24.4 Å². The van der Waals surface area contributed by atoms with Crippen molar-refractivity contribution in [2.75, 3.05) is 12.4 Å². The van der Waals surface area contributed by atoms with Gasteiger partial charge in [-0.05, 0) is 25.0 Å². The molecule has 0 radical (unpaired) electrons. The Labute approximate surface area is 111 Å². The number of carbonyl (C=O) groups is 1. The third-order valence-electron chi connectivity index (χ3n) is 2.71. The van der Waals surface area contributed by atoms with Crippen LogP contribution in [-0.4, -0.2) is 18.2 Å². The molecule has 2 rings (SSSR count). The van der Waals surface area contributed by atoms with E-state index >= 15 is 0 Å². The number of hydrogen-bond donors (Lipinski definition) is 1. The van der Waals surface area contributed by atoms with Crippen molar-refractivity contribution in [3.8, 4) is 5.75 Å². The highest BCUT2D eigenvalue weighted by atomic mass is 16.5. The quantitative estimate of drug-likeness (QED) is 0.897. The number of hydrogen-bond acceptors (Lipinski definition) is 4. The molecule has 1 aromatic carbocycles. The topological polar surface area (TPSA) is 64.4 Å². The van der Waals surface area contributed by atoms with Crippen molar-refractivity contribution in [2.45, 2.75) is 19.8 Å². The second-order valence-corrected chi connectivity index (χ2v) is 4.18. The summed E-state index contributed by atoms with van der Waals surface area (Å²) in [6, 6.07) is 9.35. The number of aryl methyl sites for hydroxylation is 2. The number of carbonyl (C=O) groups excluding carboxylic acids is 1. The maximum absolute atomic E-state index is 11.8. The SMILES string of the molecule is COc1ccccc1CCC(=O)Nc1cc(C)on1. The standard InChI is InChI=1S/C14H16N2O3/c1-10-9-13(16-19-10)15-14(17)8-7-11-5-3-4-6-12(11)18-2/h3-6,9H,7-8H2,1-2H3,(H,15,16,17). The van der Waals surface area contributed by atoms with E-state index in [0.717, 1.165) is 11.3 Å². The zero-order valence-electron chi connectivity index (χ0n) is 11.0. The average molecular weight is 260 g/mol. The Kier molecular flexibility index (Phi) is 4.18. The monoisotopic (exact) mass is 260 g/mol. The van der Waals surface area contributed by atoms with Crippen molar-refractivity contribution < 1.29 is 14.1 Å². The van der Waals surface area contributed by atoms with Crippen LogP contribution in [0.4, 0.5) is 5.82 Å². The van der Waals surface area contributed by atoms with Crippen LogP contribution < -0.4 is 10.1 Å². The summed E-state index contributed by atoms with van der Waals surface area (Å²) in [5.41, 5.74) is 1.01. The van der Waals surface area contributed by atoms with Gasteiger partial charge in [0.2, 0.25) is 5.91 Å². The number of nitrogens with zero attached hydrogens (tertiary/aromatic N) is 1. The van der Waals surface area contributed by atoms with Crippen LogP contribution in [0.2, 0.25) is 0 Å². The largest absolute Gasteiger partial charge is 0.496 e. The third kappa shape index (κ3) is 3.58. The van der Waals surface area contributed by atoms with Gasteiger partial charge in [-0.1, -0.05) is 23.4 Å². The van der Waals surface area contributed by atoms with Crippen molar-refractivity contribution in [3.05, 3.63) is 41.7 Å². The molecule has 2 aromatic rings. The number of ether oxygens (including phenoxy) is 1. The van der Waals surface area contributed by atoms with Crippen molar-refractivity contribution >= 4 is 11.7 Å². The van der Waals surface area contributed by atoms with E-state index in [4.69, 9.17) is 9.26 Å². The van der Waals surface area contributed by atoms with Gasteiger partial charge in [0.15, 0.2) is 5.82 Å². The molecule has 0 spiro atoms. The van der Waals surface area contributed by atoms with Gasteiger partial charge in [-0.15, -0.1) is 0 Å². The molecule has 0 saturated heterocycles. The molecule has 1 amide bonds. The molecular weight excluding hydrogens is 244 g/mol. The first-order valence-electron chi connectivity index (χ1n) is 6.04. The van der Waals surface area contributed by atoms with Crippen LogP contribution in [0.15, 0.2) is 34.9 Å². The number of para-hydroxylation sites is 1. The van der Waals surface area contributed by atoms with Crippen LogP contribution >= 0.6 is 0 Å². The lowest BCUT2D eigenvalue weighted by Gasteiger charge is -2.07. The molecule has 0 unspecified atom stereocenters. The molecule has 0 aliphatic heterocycles. The predicted octanol–water partition coefficient (Wildman–Crippen LogP) is 2.56. The molecule has 0 saturated carbocycles. The van der Waals surface area contributed by atoms with Crippen molar-refractivity contribution in [1.29, 1.82) is 0 Å². The second-order valence-electron chi connectivity index (χ2n) is 4.18. The molecule has 100 valence electrons. The van der Waals surface area contributed by atoms with Gasteiger partial charge in [0, 0.05) is 12.5 Å². The van der Waals surface area contributed by atoms with Gasteiger partial charge in [0.1, 0.15) is 11.5 Å². The summed E-state index contributed by atoms with van der Waals surface area (Å²) in [7, 11) is 1.62. The number of amides is 1. The molecule has 0 atom stereocenters. The summed E-state index contributed by atoms with van der Waals surface area (Å²) in [6.07, 6.45) is 0.985. The van der Waals surface area contributed by atoms with Crippen LogP contribution in [0.25, 0.3) is 0 Å². The molecule has 1 aromatic heterocycles. The number of rotatable bonds is 5. The lowest BCUT2D eigenvalue weighted by Crippen LogP contribution is -2.12. The highest BCUT2D eigenvalue weighted by Gasteiger charge is 2.08. The third-order valence-corrected chi connectivity index (χ3v) is 2.71. The fraction of sp³-hybridized carbons (Fsp3) is 0.286. The Bertz CT molecular complexity index is 563. The lowest BCUT2D eigenvalue weighted by atomic mass is 10.1. The second kappa shape index (κ2) is 6.04. The Morgan fingerprint density at radius 2 is 2.21 bits per heavy atom. The highest BCUT2D eigenvalue weighted by Crippen LogP contribution is 2.19. The molecule has 0 aliphatic carbocycles. The molecule has 5 heteroatoms. The molecule has 19 heavy (non-hydrogen) atoms. The maximum atomic E-state index is 11.8. The number of benzene rings is 1. The maximum Gasteiger partial charge on any atom is 0.225 e. The normalized spacial score (nSPS) is 10.2. The van der Waals surface area contributed by atoms with Gasteiger partial charge in [0.05, 0.1) is 7.11 Å². The van der Waals surface area contributed by atoms with E-state index in [1.807, 2.05) is 24.3 Å². The minimum absolute atomic E-state index is 0.0980. The van der Waals surface area contributed by atoms with Crippen LogP contribution in [0.3, 0.4) is 0 Å². The minimum atomic E-state index is -0.0980. The van der Waals surface area contributed by atoms with Crippen molar-refractivity contribution in [2.24, 2.45) is 0 Å². The summed E-state index contributed by atoms with van der Waals surface area (Å²) in [5, 5.41) is 6.40. The van der Waals surface area contributed by atoms with Gasteiger partial charge >= 0.3 is 0 Å². The smallest absolute Gasteiger partial charge is 0.225 e. The van der Waals surface area contributed by atoms with E-state index in [-0.39, 0.29) is 5.91 Å². The van der Waals surface area contributed by atoms with Crippen molar-refractivity contribution in [1.82, 2.24) is 5.16 Å². The number of methoxy groups -OCH3 is 1. The highest BCUT2D eigenvalue weighted by molar-refractivity contribution is 5.89. The zero-order valence-corrected chi connectivity index (χ0v) is 11.0. The van der Waals surface area contributed by atoms with E-state index in [2.05, 4.69) is 10.5 Å². The van der Waals surface area contributed by atoms with E-state index in [9.17, 15) is 4.79 Å². The van der Waals surface area contributed by atoms with Gasteiger partial charge in [-0.25, -0.2) is 0 Å². The van der Waals surface area contributed by atoms with Crippen LogP contribution in [0.5, 0.6) is 5.75 Å². The number of aromatic nitrogens is 1. The van der Waals surface area contributed by atoms with E-state index in [1.165, 1.54) is 0 Å². The molecular formula is C14H16N2O3. The zero-order chi connectivity index (χ0) is 13.7. The summed E-state index contributed by atoms with van der Waals surface area (Å²) in [6.45, 7) is 1.78. The molecule has 1 N–H and O–H groups in total. The Hall–Kier alpha value is -2.30. The van der Waals surface area contributed by atoms with Gasteiger partial charge in [-0.2, -0.15) is 0 Å². The first-order chi connectivity index (χ1) is 9.19. The summed E-state index contributed by atoms with van der Waals surface area (Å²) in [4.78, 5) is 11.8. The first-order valence-corrected chi connectivity index (χ1v) is 6.04.